The highest BCUT2D eigenvalue weighted by molar-refractivity contribution is 5.50. The maximum absolute atomic E-state index is 9.33. The van der Waals surface area contributed by atoms with Gasteiger partial charge in [-0.15, -0.1) is 0 Å². The fourth-order valence-corrected chi connectivity index (χ4v) is 1.03. The SMILES string of the molecule is CCC(O)CNc1cc(C)c(N)cn1. The van der Waals surface area contributed by atoms with Gasteiger partial charge in [-0.05, 0) is 25.0 Å². The number of nitrogens with two attached hydrogens (primary N) is 1. The number of aliphatic hydroxyl groups excluding tert-OH is 1. The quantitative estimate of drug-likeness (QED) is 0.674. The van der Waals surface area contributed by atoms with Crippen LogP contribution >= 0.6 is 0 Å². The summed E-state index contributed by atoms with van der Waals surface area (Å²) in [6.45, 7) is 4.39. The molecule has 1 unspecified atom stereocenters. The van der Waals surface area contributed by atoms with Crippen LogP contribution in [0.2, 0.25) is 0 Å². The molecule has 1 aromatic heterocycles. The first-order chi connectivity index (χ1) is 6.63. The van der Waals surface area contributed by atoms with Gasteiger partial charge in [-0.3, -0.25) is 0 Å². The summed E-state index contributed by atoms with van der Waals surface area (Å²) in [5.41, 5.74) is 7.31. The zero-order valence-corrected chi connectivity index (χ0v) is 8.62. The summed E-state index contributed by atoms with van der Waals surface area (Å²) >= 11 is 0. The van der Waals surface area contributed by atoms with E-state index in [2.05, 4.69) is 10.3 Å². The van der Waals surface area contributed by atoms with Crippen molar-refractivity contribution in [1.29, 1.82) is 0 Å². The zero-order chi connectivity index (χ0) is 10.6. The van der Waals surface area contributed by atoms with E-state index in [4.69, 9.17) is 5.73 Å². The molecule has 0 spiro atoms. The molecule has 4 nitrogen and oxygen atoms in total. The molecule has 0 saturated carbocycles. The van der Waals surface area contributed by atoms with Crippen molar-refractivity contribution in [3.05, 3.63) is 17.8 Å². The van der Waals surface area contributed by atoms with E-state index < -0.39 is 0 Å². The lowest BCUT2D eigenvalue weighted by atomic mass is 10.2. The Morgan fingerprint density at radius 3 is 2.93 bits per heavy atom. The lowest BCUT2D eigenvalue weighted by Gasteiger charge is -2.10. The molecule has 0 aromatic carbocycles. The number of pyridine rings is 1. The third kappa shape index (κ3) is 2.88. The number of hydrogen-bond acceptors (Lipinski definition) is 4. The van der Waals surface area contributed by atoms with Crippen molar-refractivity contribution in [2.45, 2.75) is 26.4 Å². The van der Waals surface area contributed by atoms with Crippen LogP contribution in [0.3, 0.4) is 0 Å². The number of aryl methyl sites for hydroxylation is 1. The molecule has 0 fully saturated rings. The van der Waals surface area contributed by atoms with Gasteiger partial charge in [-0.2, -0.15) is 0 Å². The Morgan fingerprint density at radius 2 is 2.36 bits per heavy atom. The number of nitrogens with zero attached hydrogens (tertiary/aromatic N) is 1. The van der Waals surface area contributed by atoms with Gasteiger partial charge < -0.3 is 16.2 Å². The van der Waals surface area contributed by atoms with Gasteiger partial charge >= 0.3 is 0 Å². The van der Waals surface area contributed by atoms with E-state index in [1.54, 1.807) is 6.20 Å². The van der Waals surface area contributed by atoms with Gasteiger partial charge in [0, 0.05) is 6.54 Å². The van der Waals surface area contributed by atoms with Crippen LogP contribution in [0.1, 0.15) is 18.9 Å². The van der Waals surface area contributed by atoms with Crippen molar-refractivity contribution >= 4 is 11.5 Å². The van der Waals surface area contributed by atoms with Crippen molar-refractivity contribution in [3.63, 3.8) is 0 Å². The Balaban J connectivity index is 2.55. The van der Waals surface area contributed by atoms with Crippen LogP contribution < -0.4 is 11.1 Å². The van der Waals surface area contributed by atoms with E-state index in [0.717, 1.165) is 17.8 Å². The number of nitrogens with one attached hydrogen (secondary N) is 1. The fraction of sp³-hybridized carbons (Fsp3) is 0.500. The number of aliphatic hydroxyl groups is 1. The summed E-state index contributed by atoms with van der Waals surface area (Å²) in [5, 5.41) is 12.4. The number of anilines is 2. The molecule has 0 amide bonds. The first-order valence-electron chi connectivity index (χ1n) is 4.77. The molecule has 78 valence electrons. The van der Waals surface area contributed by atoms with Crippen LogP contribution in [0.15, 0.2) is 12.3 Å². The van der Waals surface area contributed by atoms with Gasteiger partial charge in [0.2, 0.25) is 0 Å². The minimum absolute atomic E-state index is 0.324. The van der Waals surface area contributed by atoms with Crippen LogP contribution in [-0.4, -0.2) is 22.7 Å². The predicted octanol–water partition coefficient (Wildman–Crippen LogP) is 1.16. The second-order valence-corrected chi connectivity index (χ2v) is 3.37. The Kier molecular flexibility index (Phi) is 3.71. The highest BCUT2D eigenvalue weighted by atomic mass is 16.3. The lowest BCUT2D eigenvalue weighted by Crippen LogP contribution is -2.18. The van der Waals surface area contributed by atoms with E-state index >= 15 is 0 Å². The van der Waals surface area contributed by atoms with Gasteiger partial charge in [-0.25, -0.2) is 4.98 Å². The average Bonchev–Trinajstić information content (AvgIpc) is 2.19. The van der Waals surface area contributed by atoms with Crippen LogP contribution in [-0.2, 0) is 0 Å². The minimum atomic E-state index is -0.324. The topological polar surface area (TPSA) is 71.2 Å². The Hall–Kier alpha value is -1.29. The maximum Gasteiger partial charge on any atom is 0.126 e. The third-order valence-corrected chi connectivity index (χ3v) is 2.14. The number of hydrogen-bond donors (Lipinski definition) is 3. The summed E-state index contributed by atoms with van der Waals surface area (Å²) < 4.78 is 0. The highest BCUT2D eigenvalue weighted by Gasteiger charge is 2.01. The first kappa shape index (κ1) is 10.8. The van der Waals surface area contributed by atoms with Gasteiger partial charge in [0.15, 0.2) is 0 Å². The smallest absolute Gasteiger partial charge is 0.126 e. The highest BCUT2D eigenvalue weighted by Crippen LogP contribution is 2.12. The predicted molar refractivity (Wildman–Crippen MR) is 58.2 cm³/mol. The van der Waals surface area contributed by atoms with Crippen LogP contribution in [0.5, 0.6) is 0 Å². The minimum Gasteiger partial charge on any atom is -0.397 e. The molecule has 4 N–H and O–H groups in total. The summed E-state index contributed by atoms with van der Waals surface area (Å²) in [6.07, 6.45) is 2.03. The summed E-state index contributed by atoms with van der Waals surface area (Å²) in [6, 6.07) is 1.87. The van der Waals surface area contributed by atoms with Crippen molar-refractivity contribution in [1.82, 2.24) is 4.98 Å². The fourth-order valence-electron chi connectivity index (χ4n) is 1.03. The second kappa shape index (κ2) is 4.81. The van der Waals surface area contributed by atoms with E-state index in [0.29, 0.717) is 12.2 Å². The summed E-state index contributed by atoms with van der Waals surface area (Å²) in [4.78, 5) is 4.10. The van der Waals surface area contributed by atoms with Crippen molar-refractivity contribution in [2.24, 2.45) is 0 Å². The van der Waals surface area contributed by atoms with Gasteiger partial charge in [0.1, 0.15) is 5.82 Å². The largest absolute Gasteiger partial charge is 0.397 e. The van der Waals surface area contributed by atoms with E-state index in [9.17, 15) is 5.11 Å². The molecule has 0 saturated heterocycles. The van der Waals surface area contributed by atoms with E-state index in [1.807, 2.05) is 19.9 Å². The number of nitrogen functional groups attached to an aromatic ring is 1. The molecule has 0 bridgehead atoms. The van der Waals surface area contributed by atoms with E-state index in [1.165, 1.54) is 0 Å². The second-order valence-electron chi connectivity index (χ2n) is 3.37. The molecule has 0 radical (unpaired) electrons. The van der Waals surface area contributed by atoms with Crippen LogP contribution in [0.25, 0.3) is 0 Å². The molecular formula is C10H17N3O. The molecule has 4 heteroatoms. The standard InChI is InChI=1S/C10H17N3O/c1-3-8(14)5-12-10-4-7(2)9(11)6-13-10/h4,6,8,14H,3,5,11H2,1-2H3,(H,12,13). The lowest BCUT2D eigenvalue weighted by molar-refractivity contribution is 0.183. The monoisotopic (exact) mass is 195 g/mol. The average molecular weight is 195 g/mol. The molecule has 14 heavy (non-hydrogen) atoms. The number of aromatic nitrogens is 1. The van der Waals surface area contributed by atoms with Gasteiger partial charge in [-0.1, -0.05) is 6.92 Å². The normalized spacial score (nSPS) is 12.5. The Labute approximate surface area is 84.2 Å². The van der Waals surface area contributed by atoms with E-state index in [-0.39, 0.29) is 6.10 Å². The maximum atomic E-state index is 9.33. The molecular weight excluding hydrogens is 178 g/mol. The van der Waals surface area contributed by atoms with Crippen molar-refractivity contribution < 1.29 is 5.11 Å². The van der Waals surface area contributed by atoms with Crippen LogP contribution in [0.4, 0.5) is 11.5 Å². The van der Waals surface area contributed by atoms with Gasteiger partial charge in [0.25, 0.3) is 0 Å². The van der Waals surface area contributed by atoms with Crippen molar-refractivity contribution in [3.8, 4) is 0 Å². The molecule has 1 atom stereocenters. The Bertz CT molecular complexity index is 301. The molecule has 1 heterocycles. The zero-order valence-electron chi connectivity index (χ0n) is 8.62. The van der Waals surface area contributed by atoms with Crippen molar-refractivity contribution in [2.75, 3.05) is 17.6 Å². The Morgan fingerprint density at radius 1 is 1.64 bits per heavy atom. The number of rotatable bonds is 4. The first-order valence-corrected chi connectivity index (χ1v) is 4.77. The third-order valence-electron chi connectivity index (χ3n) is 2.14. The molecule has 0 aliphatic rings. The molecule has 0 aliphatic heterocycles. The molecule has 1 aromatic rings. The molecule has 0 aliphatic carbocycles. The summed E-state index contributed by atoms with van der Waals surface area (Å²) in [5.74, 6) is 0.754. The van der Waals surface area contributed by atoms with Gasteiger partial charge in [0.05, 0.1) is 18.0 Å². The summed E-state index contributed by atoms with van der Waals surface area (Å²) in [7, 11) is 0. The molecule has 1 rings (SSSR count). The van der Waals surface area contributed by atoms with Crippen LogP contribution in [0, 0.1) is 6.92 Å².